The fraction of sp³-hybridized carbons (Fsp3) is 0.533. The van der Waals surface area contributed by atoms with E-state index in [1.54, 1.807) is 0 Å². The molecule has 0 aliphatic heterocycles. The molecule has 0 radical (unpaired) electrons. The van der Waals surface area contributed by atoms with Crippen molar-refractivity contribution >= 4 is 38.8 Å². The molecule has 0 amide bonds. The van der Waals surface area contributed by atoms with Crippen LogP contribution in [-0.4, -0.2) is 11.5 Å². The van der Waals surface area contributed by atoms with Crippen molar-refractivity contribution in [2.24, 2.45) is 17.6 Å². The van der Waals surface area contributed by atoms with E-state index in [9.17, 15) is 0 Å². The molecule has 0 heterocycles. The van der Waals surface area contributed by atoms with Crippen molar-refractivity contribution in [1.29, 1.82) is 0 Å². The van der Waals surface area contributed by atoms with Crippen LogP contribution in [0.5, 0.6) is 0 Å². The van der Waals surface area contributed by atoms with E-state index < -0.39 is 0 Å². The summed E-state index contributed by atoms with van der Waals surface area (Å²) in [4.78, 5) is 0.437. The molecule has 4 heteroatoms. The average Bonchev–Trinajstić information content (AvgIpc) is 2.37. The summed E-state index contributed by atoms with van der Waals surface area (Å²) >= 11 is 8.65. The van der Waals surface area contributed by atoms with E-state index in [4.69, 9.17) is 18.0 Å². The summed E-state index contributed by atoms with van der Waals surface area (Å²) in [7, 11) is 0. The van der Waals surface area contributed by atoms with Crippen LogP contribution < -0.4 is 11.1 Å². The van der Waals surface area contributed by atoms with E-state index in [2.05, 4.69) is 28.2 Å². The highest BCUT2D eigenvalue weighted by Crippen LogP contribution is 2.30. The third kappa shape index (κ3) is 3.93. The van der Waals surface area contributed by atoms with Crippen LogP contribution in [0, 0.1) is 11.8 Å². The highest BCUT2D eigenvalue weighted by molar-refractivity contribution is 9.10. The van der Waals surface area contributed by atoms with E-state index >= 15 is 0 Å². The molecule has 3 N–H and O–H groups in total. The number of thiocarbonyl (C=S) groups is 1. The van der Waals surface area contributed by atoms with Crippen LogP contribution in [0.1, 0.15) is 38.2 Å². The second-order valence-corrected chi connectivity index (χ2v) is 6.83. The standard InChI is InChI=1S/C15H21BrN2S/c1-10-5-7-11(8-6-10)9-18-13-4-2-3-12(16)14(13)15(17)19/h2-4,10-11,18H,5-9H2,1H3,(H2,17,19). The first-order chi connectivity index (χ1) is 9.08. The van der Waals surface area contributed by atoms with Crippen LogP contribution >= 0.6 is 28.1 Å². The summed E-state index contributed by atoms with van der Waals surface area (Å²) in [6.07, 6.45) is 5.36. The van der Waals surface area contributed by atoms with Gasteiger partial charge in [-0.3, -0.25) is 0 Å². The number of hydrogen-bond acceptors (Lipinski definition) is 2. The van der Waals surface area contributed by atoms with Crippen LogP contribution in [0.25, 0.3) is 0 Å². The van der Waals surface area contributed by atoms with Crippen LogP contribution in [0.15, 0.2) is 22.7 Å². The van der Waals surface area contributed by atoms with Gasteiger partial charge in [-0.1, -0.05) is 38.0 Å². The number of benzene rings is 1. The van der Waals surface area contributed by atoms with Gasteiger partial charge in [0.15, 0.2) is 0 Å². The minimum absolute atomic E-state index is 0.437. The van der Waals surface area contributed by atoms with Crippen molar-refractivity contribution in [3.05, 3.63) is 28.2 Å². The molecule has 1 aromatic rings. The average molecular weight is 341 g/mol. The van der Waals surface area contributed by atoms with Gasteiger partial charge in [0, 0.05) is 22.3 Å². The summed E-state index contributed by atoms with van der Waals surface area (Å²) in [5.41, 5.74) is 7.76. The lowest BCUT2D eigenvalue weighted by Crippen LogP contribution is -2.22. The minimum Gasteiger partial charge on any atom is -0.389 e. The molecule has 1 aromatic carbocycles. The maximum Gasteiger partial charge on any atom is 0.107 e. The second kappa shape index (κ2) is 6.71. The van der Waals surface area contributed by atoms with Gasteiger partial charge in [-0.05, 0) is 52.7 Å². The number of hydrogen-bond donors (Lipinski definition) is 2. The second-order valence-electron chi connectivity index (χ2n) is 5.53. The first kappa shape index (κ1) is 14.8. The third-order valence-corrected chi connectivity index (χ3v) is 4.84. The maximum atomic E-state index is 5.80. The zero-order chi connectivity index (χ0) is 13.8. The van der Waals surface area contributed by atoms with E-state index in [1.807, 2.05) is 18.2 Å². The van der Waals surface area contributed by atoms with Crippen LogP contribution in [0.3, 0.4) is 0 Å². The first-order valence-electron chi connectivity index (χ1n) is 6.90. The summed E-state index contributed by atoms with van der Waals surface area (Å²) < 4.78 is 0.960. The van der Waals surface area contributed by atoms with Gasteiger partial charge >= 0.3 is 0 Å². The number of nitrogens with two attached hydrogens (primary N) is 1. The van der Waals surface area contributed by atoms with Crippen molar-refractivity contribution in [3.8, 4) is 0 Å². The Morgan fingerprint density at radius 1 is 1.37 bits per heavy atom. The molecule has 19 heavy (non-hydrogen) atoms. The van der Waals surface area contributed by atoms with Gasteiger partial charge in [-0.25, -0.2) is 0 Å². The molecule has 0 saturated heterocycles. The Hall–Kier alpha value is -0.610. The fourth-order valence-corrected chi connectivity index (χ4v) is 3.64. The van der Waals surface area contributed by atoms with E-state index in [0.29, 0.717) is 4.99 Å². The number of rotatable bonds is 4. The molecule has 2 nitrogen and oxygen atoms in total. The van der Waals surface area contributed by atoms with E-state index in [-0.39, 0.29) is 0 Å². The summed E-state index contributed by atoms with van der Waals surface area (Å²) in [6, 6.07) is 6.03. The SMILES string of the molecule is CC1CCC(CNc2cccc(Br)c2C(N)=S)CC1. The predicted octanol–water partition coefficient (Wildman–Crippen LogP) is 4.32. The predicted molar refractivity (Wildman–Crippen MR) is 89.6 cm³/mol. The molecule has 2 rings (SSSR count). The van der Waals surface area contributed by atoms with Gasteiger partial charge in [0.25, 0.3) is 0 Å². The Morgan fingerprint density at radius 2 is 2.05 bits per heavy atom. The van der Waals surface area contributed by atoms with Gasteiger partial charge in [-0.15, -0.1) is 0 Å². The summed E-state index contributed by atoms with van der Waals surface area (Å²) in [6.45, 7) is 3.36. The van der Waals surface area contributed by atoms with Crippen LogP contribution in [0.2, 0.25) is 0 Å². The highest BCUT2D eigenvalue weighted by atomic mass is 79.9. The number of anilines is 1. The Bertz CT molecular complexity index is 453. The Labute approximate surface area is 129 Å². The largest absolute Gasteiger partial charge is 0.389 e. The first-order valence-corrected chi connectivity index (χ1v) is 8.10. The monoisotopic (exact) mass is 340 g/mol. The van der Waals surface area contributed by atoms with Gasteiger partial charge < -0.3 is 11.1 Å². The molecule has 0 bridgehead atoms. The molecule has 1 fully saturated rings. The van der Waals surface area contributed by atoms with Crippen LogP contribution in [0.4, 0.5) is 5.69 Å². The Balaban J connectivity index is 2.00. The smallest absolute Gasteiger partial charge is 0.107 e. The molecular formula is C15H21BrN2S. The van der Waals surface area contributed by atoms with E-state index in [0.717, 1.165) is 34.1 Å². The fourth-order valence-electron chi connectivity index (χ4n) is 2.71. The molecule has 0 aromatic heterocycles. The number of nitrogens with one attached hydrogen (secondary N) is 1. The van der Waals surface area contributed by atoms with Crippen LogP contribution in [-0.2, 0) is 0 Å². The van der Waals surface area contributed by atoms with Crippen molar-refractivity contribution in [2.45, 2.75) is 32.6 Å². The van der Waals surface area contributed by atoms with Crippen molar-refractivity contribution in [2.75, 3.05) is 11.9 Å². The maximum absolute atomic E-state index is 5.80. The van der Waals surface area contributed by atoms with Gasteiger partial charge in [-0.2, -0.15) is 0 Å². The molecule has 1 aliphatic rings. The molecule has 1 aliphatic carbocycles. The van der Waals surface area contributed by atoms with E-state index in [1.165, 1.54) is 25.7 Å². The summed E-state index contributed by atoms with van der Waals surface area (Å²) in [5, 5.41) is 3.52. The van der Waals surface area contributed by atoms with Crippen molar-refractivity contribution < 1.29 is 0 Å². The zero-order valence-corrected chi connectivity index (χ0v) is 13.7. The van der Waals surface area contributed by atoms with Gasteiger partial charge in [0.2, 0.25) is 0 Å². The molecule has 0 unspecified atom stereocenters. The number of halogens is 1. The molecule has 1 saturated carbocycles. The van der Waals surface area contributed by atoms with Gasteiger partial charge in [0.1, 0.15) is 4.99 Å². The molecule has 0 spiro atoms. The normalized spacial score (nSPS) is 23.1. The molecular weight excluding hydrogens is 320 g/mol. The summed E-state index contributed by atoms with van der Waals surface area (Å²) in [5.74, 6) is 1.67. The highest BCUT2D eigenvalue weighted by Gasteiger charge is 2.18. The van der Waals surface area contributed by atoms with Crippen molar-refractivity contribution in [3.63, 3.8) is 0 Å². The van der Waals surface area contributed by atoms with Crippen molar-refractivity contribution in [1.82, 2.24) is 0 Å². The molecule has 0 atom stereocenters. The Morgan fingerprint density at radius 3 is 2.68 bits per heavy atom. The van der Waals surface area contributed by atoms with Gasteiger partial charge in [0.05, 0.1) is 0 Å². The minimum atomic E-state index is 0.437. The Kier molecular flexibility index (Phi) is 5.22. The topological polar surface area (TPSA) is 38.0 Å². The quantitative estimate of drug-likeness (QED) is 0.801. The zero-order valence-electron chi connectivity index (χ0n) is 11.3. The lowest BCUT2D eigenvalue weighted by Gasteiger charge is -2.27. The lowest BCUT2D eigenvalue weighted by molar-refractivity contribution is 0.300. The lowest BCUT2D eigenvalue weighted by atomic mass is 9.83. The third-order valence-electron chi connectivity index (χ3n) is 3.98. The molecule has 104 valence electrons.